The Morgan fingerprint density at radius 3 is 2.48 bits per heavy atom. The van der Waals surface area contributed by atoms with Crippen molar-refractivity contribution in [2.75, 3.05) is 11.9 Å². The van der Waals surface area contributed by atoms with Crippen LogP contribution in [0.5, 0.6) is 0 Å². The van der Waals surface area contributed by atoms with E-state index in [4.69, 9.17) is 0 Å². The van der Waals surface area contributed by atoms with Gasteiger partial charge in [0, 0.05) is 12.2 Å². The molecule has 0 aliphatic rings. The zero-order valence-corrected chi connectivity index (χ0v) is 11.6. The van der Waals surface area contributed by atoms with Gasteiger partial charge in [0.05, 0.1) is 5.56 Å². The monoisotopic (exact) mass is 290 g/mol. The van der Waals surface area contributed by atoms with Crippen molar-refractivity contribution in [1.82, 2.24) is 5.32 Å². The van der Waals surface area contributed by atoms with Crippen LogP contribution >= 0.6 is 0 Å². The summed E-state index contributed by atoms with van der Waals surface area (Å²) in [5, 5.41) is 5.73. The van der Waals surface area contributed by atoms with E-state index in [1.54, 1.807) is 12.1 Å². The van der Waals surface area contributed by atoms with Gasteiger partial charge in [-0.1, -0.05) is 25.1 Å². The van der Waals surface area contributed by atoms with Crippen LogP contribution in [-0.4, -0.2) is 12.5 Å². The highest BCUT2D eigenvalue weighted by Crippen LogP contribution is 2.15. The highest BCUT2D eigenvalue weighted by atomic mass is 19.2. The van der Waals surface area contributed by atoms with Crippen LogP contribution in [0.3, 0.4) is 0 Å². The Morgan fingerprint density at radius 1 is 1.10 bits per heavy atom. The maximum Gasteiger partial charge on any atom is 0.258 e. The largest absolute Gasteiger partial charge is 0.322 e. The van der Waals surface area contributed by atoms with Gasteiger partial charge in [-0.3, -0.25) is 4.79 Å². The average molecular weight is 290 g/mol. The first kappa shape index (κ1) is 15.1. The molecule has 5 heteroatoms. The van der Waals surface area contributed by atoms with Crippen LogP contribution in [0.15, 0.2) is 42.5 Å². The normalized spacial score (nSPS) is 10.4. The molecule has 3 nitrogen and oxygen atoms in total. The third-order valence-electron chi connectivity index (χ3n) is 2.99. The molecule has 2 N–H and O–H groups in total. The maximum absolute atomic E-state index is 13.5. The average Bonchev–Trinajstić information content (AvgIpc) is 2.49. The number of hydrogen-bond donors (Lipinski definition) is 2. The third kappa shape index (κ3) is 3.86. The predicted molar refractivity (Wildman–Crippen MR) is 78.1 cm³/mol. The van der Waals surface area contributed by atoms with E-state index < -0.39 is 17.5 Å². The fraction of sp³-hybridized carbons (Fsp3) is 0.188. The summed E-state index contributed by atoms with van der Waals surface area (Å²) in [6.45, 7) is 3.63. The minimum absolute atomic E-state index is 0.313. The second-order valence-electron chi connectivity index (χ2n) is 4.53. The van der Waals surface area contributed by atoms with Gasteiger partial charge >= 0.3 is 0 Å². The van der Waals surface area contributed by atoms with E-state index in [0.29, 0.717) is 5.69 Å². The van der Waals surface area contributed by atoms with Gasteiger partial charge in [0.25, 0.3) is 5.91 Å². The molecule has 0 saturated heterocycles. The smallest absolute Gasteiger partial charge is 0.258 e. The molecule has 0 radical (unpaired) electrons. The number of hydrogen-bond acceptors (Lipinski definition) is 2. The minimum atomic E-state index is -1.14. The summed E-state index contributed by atoms with van der Waals surface area (Å²) in [6.07, 6.45) is 0. The van der Waals surface area contributed by atoms with Gasteiger partial charge in [0.15, 0.2) is 11.6 Å². The summed E-state index contributed by atoms with van der Waals surface area (Å²) >= 11 is 0. The minimum Gasteiger partial charge on any atom is -0.322 e. The Balaban J connectivity index is 2.07. The number of benzene rings is 2. The van der Waals surface area contributed by atoms with Gasteiger partial charge in [-0.25, -0.2) is 8.78 Å². The molecule has 2 aromatic rings. The van der Waals surface area contributed by atoms with Crippen molar-refractivity contribution < 1.29 is 13.6 Å². The Labute approximate surface area is 122 Å². The zero-order chi connectivity index (χ0) is 15.2. The molecule has 0 atom stereocenters. The molecular formula is C16H16F2N2O. The van der Waals surface area contributed by atoms with Crippen molar-refractivity contribution in [2.24, 2.45) is 0 Å². The van der Waals surface area contributed by atoms with Gasteiger partial charge in [0.1, 0.15) is 0 Å². The maximum atomic E-state index is 13.5. The molecule has 0 saturated carbocycles. The van der Waals surface area contributed by atoms with E-state index in [0.717, 1.165) is 24.7 Å². The second-order valence-corrected chi connectivity index (χ2v) is 4.53. The molecule has 0 aliphatic heterocycles. The first-order valence-corrected chi connectivity index (χ1v) is 6.67. The van der Waals surface area contributed by atoms with Gasteiger partial charge in [-0.15, -0.1) is 0 Å². The third-order valence-corrected chi connectivity index (χ3v) is 2.99. The summed E-state index contributed by atoms with van der Waals surface area (Å²) in [4.78, 5) is 11.9. The van der Waals surface area contributed by atoms with Crippen LogP contribution in [0, 0.1) is 11.6 Å². The van der Waals surface area contributed by atoms with Crippen LogP contribution in [0.4, 0.5) is 14.5 Å². The van der Waals surface area contributed by atoms with E-state index in [9.17, 15) is 13.6 Å². The molecule has 2 aromatic carbocycles. The Hall–Kier alpha value is -2.27. The van der Waals surface area contributed by atoms with Crippen molar-refractivity contribution >= 4 is 11.6 Å². The molecule has 0 heterocycles. The summed E-state index contributed by atoms with van der Waals surface area (Å²) in [7, 11) is 0. The van der Waals surface area contributed by atoms with Crippen LogP contribution in [-0.2, 0) is 6.54 Å². The molecular weight excluding hydrogens is 274 g/mol. The van der Waals surface area contributed by atoms with E-state index >= 15 is 0 Å². The number of anilines is 1. The number of carbonyl (C=O) groups is 1. The first-order chi connectivity index (χ1) is 10.1. The lowest BCUT2D eigenvalue weighted by atomic mass is 10.1. The lowest BCUT2D eigenvalue weighted by Gasteiger charge is -2.08. The topological polar surface area (TPSA) is 41.1 Å². The molecule has 2 rings (SSSR count). The van der Waals surface area contributed by atoms with E-state index in [2.05, 4.69) is 10.6 Å². The van der Waals surface area contributed by atoms with Crippen molar-refractivity contribution in [2.45, 2.75) is 13.5 Å². The van der Waals surface area contributed by atoms with Crippen LogP contribution in [0.25, 0.3) is 0 Å². The quantitative estimate of drug-likeness (QED) is 0.887. The van der Waals surface area contributed by atoms with Gasteiger partial charge in [-0.2, -0.15) is 0 Å². The lowest BCUT2D eigenvalue weighted by Crippen LogP contribution is -2.15. The summed E-state index contributed by atoms with van der Waals surface area (Å²) in [5.74, 6) is -2.85. The molecule has 0 aliphatic carbocycles. The van der Waals surface area contributed by atoms with Crippen molar-refractivity contribution in [3.63, 3.8) is 0 Å². The number of rotatable bonds is 5. The lowest BCUT2D eigenvalue weighted by molar-refractivity contribution is 0.102. The number of amides is 1. The molecule has 0 bridgehead atoms. The summed E-state index contributed by atoms with van der Waals surface area (Å²) < 4.78 is 26.6. The van der Waals surface area contributed by atoms with Crippen LogP contribution in [0.2, 0.25) is 0 Å². The Bertz CT molecular complexity index is 627. The molecule has 0 spiro atoms. The Kier molecular flexibility index (Phi) is 5.00. The molecule has 0 aromatic heterocycles. The highest BCUT2D eigenvalue weighted by molar-refractivity contribution is 6.04. The Morgan fingerprint density at radius 2 is 1.81 bits per heavy atom. The fourth-order valence-electron chi connectivity index (χ4n) is 1.85. The van der Waals surface area contributed by atoms with E-state index in [1.165, 1.54) is 12.1 Å². The van der Waals surface area contributed by atoms with Gasteiger partial charge in [0.2, 0.25) is 0 Å². The van der Waals surface area contributed by atoms with E-state index in [1.807, 2.05) is 19.1 Å². The number of halogens is 2. The molecule has 0 unspecified atom stereocenters. The van der Waals surface area contributed by atoms with Crippen molar-refractivity contribution in [3.05, 3.63) is 65.2 Å². The van der Waals surface area contributed by atoms with Crippen LogP contribution < -0.4 is 10.6 Å². The van der Waals surface area contributed by atoms with Gasteiger partial charge in [-0.05, 0) is 36.4 Å². The molecule has 0 fully saturated rings. The first-order valence-electron chi connectivity index (χ1n) is 6.67. The molecule has 21 heavy (non-hydrogen) atoms. The van der Waals surface area contributed by atoms with Crippen LogP contribution in [0.1, 0.15) is 22.8 Å². The standard InChI is InChI=1S/C16H16F2N2O/c1-2-19-10-11-6-8-12(9-7-11)20-16(21)13-4-3-5-14(17)15(13)18/h3-9,19H,2,10H2,1H3,(H,20,21). The van der Waals surface area contributed by atoms with Gasteiger partial charge < -0.3 is 10.6 Å². The number of carbonyl (C=O) groups excluding carboxylic acids is 1. The molecule has 1 amide bonds. The van der Waals surface area contributed by atoms with E-state index in [-0.39, 0.29) is 5.56 Å². The van der Waals surface area contributed by atoms with Crippen molar-refractivity contribution in [3.8, 4) is 0 Å². The SMILES string of the molecule is CCNCc1ccc(NC(=O)c2cccc(F)c2F)cc1. The zero-order valence-electron chi connectivity index (χ0n) is 11.6. The fourth-order valence-corrected chi connectivity index (χ4v) is 1.85. The summed E-state index contributed by atoms with van der Waals surface area (Å²) in [5.41, 5.74) is 1.29. The predicted octanol–water partition coefficient (Wildman–Crippen LogP) is 3.33. The number of nitrogens with one attached hydrogen (secondary N) is 2. The highest BCUT2D eigenvalue weighted by Gasteiger charge is 2.14. The summed E-state index contributed by atoms with van der Waals surface area (Å²) in [6, 6.07) is 10.7. The van der Waals surface area contributed by atoms with Crippen molar-refractivity contribution in [1.29, 1.82) is 0 Å². The second kappa shape index (κ2) is 6.95. The molecule has 110 valence electrons.